The molecule has 2 aromatic carbocycles. The zero-order chi connectivity index (χ0) is 25.5. The lowest BCUT2D eigenvalue weighted by Gasteiger charge is -2.29. The number of nitriles is 1. The molecule has 1 aliphatic rings. The summed E-state index contributed by atoms with van der Waals surface area (Å²) in [6.45, 7) is 1.87. The van der Waals surface area contributed by atoms with Crippen molar-refractivity contribution in [1.82, 2.24) is 5.32 Å². The summed E-state index contributed by atoms with van der Waals surface area (Å²) < 4.78 is 24.1. The highest BCUT2D eigenvalue weighted by Crippen LogP contribution is 2.43. The van der Waals surface area contributed by atoms with Gasteiger partial charge >= 0.3 is 5.97 Å². The fourth-order valence-electron chi connectivity index (χ4n) is 3.77. The Kier molecular flexibility index (Phi) is 7.88. The number of halogens is 1. The van der Waals surface area contributed by atoms with Crippen LogP contribution in [0.3, 0.4) is 0 Å². The van der Waals surface area contributed by atoms with Crippen molar-refractivity contribution in [2.24, 2.45) is 0 Å². The van der Waals surface area contributed by atoms with Crippen LogP contribution < -0.4 is 10.6 Å². The number of nitrogens with one attached hydrogen (secondary N) is 2. The number of rotatable bonds is 8. The van der Waals surface area contributed by atoms with Gasteiger partial charge in [-0.2, -0.15) is 5.26 Å². The number of thioether (sulfide) groups is 1. The summed E-state index contributed by atoms with van der Waals surface area (Å²) in [5.41, 5.74) is 2.11. The molecule has 4 rings (SSSR count). The van der Waals surface area contributed by atoms with Crippen LogP contribution >= 0.6 is 11.8 Å². The van der Waals surface area contributed by atoms with Gasteiger partial charge in [0.05, 0.1) is 52.5 Å². The highest BCUT2D eigenvalue weighted by Gasteiger charge is 2.38. The lowest BCUT2D eigenvalue weighted by molar-refractivity contribution is -0.138. The number of furan rings is 1. The van der Waals surface area contributed by atoms with Crippen molar-refractivity contribution in [3.8, 4) is 6.07 Å². The zero-order valence-corrected chi connectivity index (χ0v) is 20.1. The topological polar surface area (TPSA) is 104 Å². The van der Waals surface area contributed by atoms with Crippen LogP contribution in [0.25, 0.3) is 5.70 Å². The largest absolute Gasteiger partial charge is 0.468 e. The second-order valence-corrected chi connectivity index (χ2v) is 8.63. The van der Waals surface area contributed by atoms with E-state index in [0.29, 0.717) is 27.7 Å². The first kappa shape index (κ1) is 24.8. The van der Waals surface area contributed by atoms with Crippen LogP contribution in [0.4, 0.5) is 10.1 Å². The minimum Gasteiger partial charge on any atom is -0.468 e. The molecule has 1 atom stereocenters. The summed E-state index contributed by atoms with van der Waals surface area (Å²) in [4.78, 5) is 25.7. The van der Waals surface area contributed by atoms with Crippen LogP contribution in [-0.4, -0.2) is 24.2 Å². The van der Waals surface area contributed by atoms with Gasteiger partial charge in [0.1, 0.15) is 11.6 Å². The molecular formula is C27H22FN3O4S. The minimum atomic E-state index is -0.830. The standard InChI is InChI=1S/C27H22FN3O4S/c1-2-34-27(33)24-23(21-9-6-14-35-21)20(15-29)26(31-25(24)17-7-4-3-5-8-17)36-16-22(32)30-19-12-10-18(28)11-13-19/h3-14,23,31H,2,16H2,1H3,(H,30,32). The quantitative estimate of drug-likeness (QED) is 0.408. The van der Waals surface area contributed by atoms with E-state index >= 15 is 0 Å². The predicted octanol–water partition coefficient (Wildman–Crippen LogP) is 5.19. The fraction of sp³-hybridized carbons (Fsp3) is 0.148. The van der Waals surface area contributed by atoms with Gasteiger partial charge in [0.15, 0.2) is 0 Å². The average molecular weight is 504 g/mol. The van der Waals surface area contributed by atoms with E-state index in [1.807, 2.05) is 30.3 Å². The first-order valence-corrected chi connectivity index (χ1v) is 12.1. The van der Waals surface area contributed by atoms with Crippen molar-refractivity contribution in [3.63, 3.8) is 0 Å². The molecule has 0 bridgehead atoms. The molecule has 1 unspecified atom stereocenters. The molecule has 1 amide bonds. The molecule has 3 aromatic rings. The van der Waals surface area contributed by atoms with Crippen LogP contribution in [0.2, 0.25) is 0 Å². The number of esters is 1. The summed E-state index contributed by atoms with van der Waals surface area (Å²) in [6, 6.07) is 20.2. The third-order valence-electron chi connectivity index (χ3n) is 5.31. The maximum atomic E-state index is 13.2. The van der Waals surface area contributed by atoms with E-state index < -0.39 is 17.7 Å². The summed E-state index contributed by atoms with van der Waals surface area (Å²) in [6.07, 6.45) is 1.47. The van der Waals surface area contributed by atoms with Gasteiger partial charge in [-0.15, -0.1) is 0 Å². The third-order valence-corrected chi connectivity index (χ3v) is 6.33. The van der Waals surface area contributed by atoms with Gasteiger partial charge in [-0.3, -0.25) is 4.79 Å². The van der Waals surface area contributed by atoms with E-state index in [9.17, 15) is 19.2 Å². The van der Waals surface area contributed by atoms with Crippen molar-refractivity contribution in [2.75, 3.05) is 17.7 Å². The van der Waals surface area contributed by atoms with Crippen LogP contribution in [0, 0.1) is 17.1 Å². The molecule has 1 aliphatic heterocycles. The van der Waals surface area contributed by atoms with E-state index in [0.717, 1.165) is 11.8 Å². The lowest BCUT2D eigenvalue weighted by atomic mass is 9.84. The van der Waals surface area contributed by atoms with E-state index in [-0.39, 0.29) is 29.4 Å². The Morgan fingerprint density at radius 1 is 1.14 bits per heavy atom. The molecule has 182 valence electrons. The van der Waals surface area contributed by atoms with E-state index in [2.05, 4.69) is 16.7 Å². The van der Waals surface area contributed by atoms with Gasteiger partial charge in [-0.25, -0.2) is 9.18 Å². The van der Waals surface area contributed by atoms with E-state index in [1.54, 1.807) is 19.1 Å². The van der Waals surface area contributed by atoms with Crippen LogP contribution in [0.1, 0.15) is 24.2 Å². The number of benzene rings is 2. The van der Waals surface area contributed by atoms with Crippen molar-refractivity contribution < 1.29 is 23.1 Å². The molecule has 2 heterocycles. The SMILES string of the molecule is CCOC(=O)C1=C(c2ccccc2)NC(SCC(=O)Nc2ccc(F)cc2)=C(C#N)C1c1ccco1. The van der Waals surface area contributed by atoms with Crippen molar-refractivity contribution in [1.29, 1.82) is 5.26 Å². The second-order valence-electron chi connectivity index (χ2n) is 7.65. The number of nitrogens with zero attached hydrogens (tertiary/aromatic N) is 1. The fourth-order valence-corrected chi connectivity index (χ4v) is 4.61. The van der Waals surface area contributed by atoms with Crippen LogP contribution in [0.5, 0.6) is 0 Å². The monoisotopic (exact) mass is 503 g/mol. The number of carbonyl (C=O) groups is 2. The Balaban J connectivity index is 1.70. The number of carbonyl (C=O) groups excluding carboxylic acids is 2. The lowest BCUT2D eigenvalue weighted by Crippen LogP contribution is -2.29. The molecule has 9 heteroatoms. The molecule has 0 fully saturated rings. The highest BCUT2D eigenvalue weighted by molar-refractivity contribution is 8.03. The Labute approximate surface area is 211 Å². The van der Waals surface area contributed by atoms with Crippen LogP contribution in [-0.2, 0) is 14.3 Å². The van der Waals surface area contributed by atoms with Crippen molar-refractivity contribution >= 4 is 35.0 Å². The van der Waals surface area contributed by atoms with Gasteiger partial charge < -0.3 is 19.8 Å². The summed E-state index contributed by atoms with van der Waals surface area (Å²) >= 11 is 1.12. The molecule has 0 saturated carbocycles. The van der Waals surface area contributed by atoms with Gasteiger partial charge in [0.25, 0.3) is 0 Å². The Hall–Kier alpha value is -4.29. The Bertz CT molecular complexity index is 1340. The second kappa shape index (κ2) is 11.4. The number of hydrogen-bond acceptors (Lipinski definition) is 7. The predicted molar refractivity (Wildman–Crippen MR) is 135 cm³/mol. The summed E-state index contributed by atoms with van der Waals surface area (Å²) in [7, 11) is 0. The number of allylic oxidation sites excluding steroid dienone is 1. The normalized spacial score (nSPS) is 15.2. The Morgan fingerprint density at radius 2 is 1.89 bits per heavy atom. The number of ether oxygens (including phenoxy) is 1. The first-order chi connectivity index (χ1) is 17.5. The average Bonchev–Trinajstić information content (AvgIpc) is 3.43. The molecular weight excluding hydrogens is 481 g/mol. The minimum absolute atomic E-state index is 0.0351. The molecule has 2 N–H and O–H groups in total. The molecule has 0 saturated heterocycles. The summed E-state index contributed by atoms with van der Waals surface area (Å²) in [5, 5.41) is 16.5. The molecule has 0 spiro atoms. The highest BCUT2D eigenvalue weighted by atomic mass is 32.2. The smallest absolute Gasteiger partial charge is 0.337 e. The number of anilines is 1. The molecule has 0 radical (unpaired) electrons. The van der Waals surface area contributed by atoms with Crippen molar-refractivity contribution in [3.05, 3.63) is 106 Å². The van der Waals surface area contributed by atoms with E-state index in [1.165, 1.54) is 30.5 Å². The number of amides is 1. The molecule has 36 heavy (non-hydrogen) atoms. The maximum absolute atomic E-state index is 13.2. The number of dihydropyridines is 1. The van der Waals surface area contributed by atoms with E-state index in [4.69, 9.17) is 9.15 Å². The van der Waals surface area contributed by atoms with Crippen molar-refractivity contribution in [2.45, 2.75) is 12.8 Å². The molecule has 0 aliphatic carbocycles. The molecule has 7 nitrogen and oxygen atoms in total. The van der Waals surface area contributed by atoms with Gasteiger partial charge in [0.2, 0.25) is 5.91 Å². The number of hydrogen-bond donors (Lipinski definition) is 2. The van der Waals surface area contributed by atoms with Gasteiger partial charge in [-0.05, 0) is 48.9 Å². The van der Waals surface area contributed by atoms with Gasteiger partial charge in [-0.1, -0.05) is 42.1 Å². The van der Waals surface area contributed by atoms with Crippen LogP contribution in [0.15, 0.2) is 93.6 Å². The maximum Gasteiger partial charge on any atom is 0.337 e. The van der Waals surface area contributed by atoms with Gasteiger partial charge in [0, 0.05) is 5.69 Å². The molecule has 1 aromatic heterocycles. The zero-order valence-electron chi connectivity index (χ0n) is 19.3. The first-order valence-electron chi connectivity index (χ1n) is 11.1. The third kappa shape index (κ3) is 5.50. The Morgan fingerprint density at radius 3 is 2.53 bits per heavy atom. The summed E-state index contributed by atoms with van der Waals surface area (Å²) in [5.74, 6) is -1.78.